The Labute approximate surface area is 124 Å². The normalized spacial score (nSPS) is 18.0. The second-order valence-electron chi connectivity index (χ2n) is 5.45. The predicted octanol–water partition coefficient (Wildman–Crippen LogP) is 2.15. The van der Waals surface area contributed by atoms with Crippen LogP contribution in [0.25, 0.3) is 0 Å². The van der Waals surface area contributed by atoms with Crippen LogP contribution in [0, 0.1) is 0 Å². The van der Waals surface area contributed by atoms with Gasteiger partial charge in [0.05, 0.1) is 6.42 Å². The summed E-state index contributed by atoms with van der Waals surface area (Å²) < 4.78 is 0. The zero-order valence-electron chi connectivity index (χ0n) is 12.1. The van der Waals surface area contributed by atoms with E-state index in [1.54, 1.807) is 12.4 Å². The van der Waals surface area contributed by atoms with E-state index in [4.69, 9.17) is 0 Å². The monoisotopic (exact) mass is 281 g/mol. The zero-order valence-corrected chi connectivity index (χ0v) is 12.1. The van der Waals surface area contributed by atoms with Crippen molar-refractivity contribution in [2.24, 2.45) is 0 Å². The SMILES string of the molecule is CC1CN(C(=O)Cc2cccnc2)c2ccccc2CN1. The first kappa shape index (κ1) is 13.8. The van der Waals surface area contributed by atoms with E-state index in [0.29, 0.717) is 13.0 Å². The van der Waals surface area contributed by atoms with Crippen molar-refractivity contribution in [3.63, 3.8) is 0 Å². The smallest absolute Gasteiger partial charge is 0.231 e. The molecule has 0 fully saturated rings. The third kappa shape index (κ3) is 3.11. The van der Waals surface area contributed by atoms with Gasteiger partial charge in [-0.25, -0.2) is 0 Å². The number of fused-ring (bicyclic) bond motifs is 1. The molecule has 1 unspecified atom stereocenters. The lowest BCUT2D eigenvalue weighted by molar-refractivity contribution is -0.118. The van der Waals surface area contributed by atoms with Crippen molar-refractivity contribution in [1.82, 2.24) is 10.3 Å². The molecule has 0 saturated heterocycles. The average molecular weight is 281 g/mol. The predicted molar refractivity (Wildman–Crippen MR) is 83.0 cm³/mol. The van der Waals surface area contributed by atoms with Crippen LogP contribution >= 0.6 is 0 Å². The largest absolute Gasteiger partial charge is 0.310 e. The summed E-state index contributed by atoms with van der Waals surface area (Å²) in [5, 5.41) is 3.44. The number of rotatable bonds is 2. The number of nitrogens with zero attached hydrogens (tertiary/aromatic N) is 2. The van der Waals surface area contributed by atoms with E-state index in [9.17, 15) is 4.79 Å². The van der Waals surface area contributed by atoms with Gasteiger partial charge in [0.25, 0.3) is 0 Å². The number of benzene rings is 1. The summed E-state index contributed by atoms with van der Waals surface area (Å²) in [6.07, 6.45) is 3.86. The zero-order chi connectivity index (χ0) is 14.7. The summed E-state index contributed by atoms with van der Waals surface area (Å²) >= 11 is 0. The van der Waals surface area contributed by atoms with Crippen LogP contribution in [0.3, 0.4) is 0 Å². The summed E-state index contributed by atoms with van der Waals surface area (Å²) in [6, 6.07) is 12.2. The number of para-hydroxylation sites is 1. The fraction of sp³-hybridized carbons (Fsp3) is 0.294. The van der Waals surface area contributed by atoms with Crippen molar-refractivity contribution in [3.05, 3.63) is 59.9 Å². The standard InChI is InChI=1S/C17H19N3O/c1-13-12-20(16-7-3-2-6-15(16)11-19-13)17(21)9-14-5-4-8-18-10-14/h2-8,10,13,19H,9,11-12H2,1H3. The third-order valence-electron chi connectivity index (χ3n) is 3.76. The van der Waals surface area contributed by atoms with Crippen molar-refractivity contribution >= 4 is 11.6 Å². The van der Waals surface area contributed by atoms with Gasteiger partial charge < -0.3 is 10.2 Å². The van der Waals surface area contributed by atoms with Crippen LogP contribution in [-0.4, -0.2) is 23.5 Å². The molecule has 1 aliphatic rings. The minimum absolute atomic E-state index is 0.117. The molecule has 0 radical (unpaired) electrons. The van der Waals surface area contributed by atoms with E-state index in [1.165, 1.54) is 5.56 Å². The van der Waals surface area contributed by atoms with Crippen molar-refractivity contribution in [1.29, 1.82) is 0 Å². The third-order valence-corrected chi connectivity index (χ3v) is 3.76. The first-order chi connectivity index (χ1) is 10.2. The van der Waals surface area contributed by atoms with Crippen molar-refractivity contribution in [3.8, 4) is 0 Å². The number of hydrogen-bond donors (Lipinski definition) is 1. The van der Waals surface area contributed by atoms with Gasteiger partial charge in [-0.3, -0.25) is 9.78 Å². The molecule has 1 aliphatic heterocycles. The molecule has 0 aliphatic carbocycles. The fourth-order valence-corrected chi connectivity index (χ4v) is 2.65. The molecule has 1 aromatic carbocycles. The molecule has 21 heavy (non-hydrogen) atoms. The Kier molecular flexibility index (Phi) is 3.97. The average Bonchev–Trinajstić information content (AvgIpc) is 2.68. The Bertz CT molecular complexity index is 627. The molecule has 108 valence electrons. The lowest BCUT2D eigenvalue weighted by Crippen LogP contribution is -2.40. The lowest BCUT2D eigenvalue weighted by Gasteiger charge is -2.24. The summed E-state index contributed by atoms with van der Waals surface area (Å²) in [4.78, 5) is 18.7. The molecule has 0 spiro atoms. The van der Waals surface area contributed by atoms with E-state index in [0.717, 1.165) is 17.8 Å². The number of aromatic nitrogens is 1. The Balaban J connectivity index is 1.87. The molecule has 4 nitrogen and oxygen atoms in total. The van der Waals surface area contributed by atoms with Gasteiger partial charge in [-0.05, 0) is 30.2 Å². The molecule has 1 aromatic heterocycles. The van der Waals surface area contributed by atoms with E-state index in [2.05, 4.69) is 23.3 Å². The maximum absolute atomic E-state index is 12.7. The molecule has 2 heterocycles. The summed E-state index contributed by atoms with van der Waals surface area (Å²) in [5.74, 6) is 0.117. The maximum Gasteiger partial charge on any atom is 0.231 e. The van der Waals surface area contributed by atoms with E-state index >= 15 is 0 Å². The van der Waals surface area contributed by atoms with Crippen molar-refractivity contribution in [2.45, 2.75) is 25.9 Å². The number of anilines is 1. The Morgan fingerprint density at radius 3 is 3.00 bits per heavy atom. The van der Waals surface area contributed by atoms with Crippen LogP contribution in [-0.2, 0) is 17.8 Å². The number of carbonyl (C=O) groups excluding carboxylic acids is 1. The Hall–Kier alpha value is -2.20. The quantitative estimate of drug-likeness (QED) is 0.917. The van der Waals surface area contributed by atoms with Gasteiger partial charge in [0.2, 0.25) is 5.91 Å². The first-order valence-electron chi connectivity index (χ1n) is 7.24. The second-order valence-corrected chi connectivity index (χ2v) is 5.45. The minimum Gasteiger partial charge on any atom is -0.310 e. The van der Waals surface area contributed by atoms with Gasteiger partial charge in [-0.1, -0.05) is 24.3 Å². The van der Waals surface area contributed by atoms with Crippen LogP contribution < -0.4 is 10.2 Å². The highest BCUT2D eigenvalue weighted by Gasteiger charge is 2.23. The topological polar surface area (TPSA) is 45.2 Å². The summed E-state index contributed by atoms with van der Waals surface area (Å²) in [7, 11) is 0. The number of carbonyl (C=O) groups is 1. The van der Waals surface area contributed by atoms with E-state index in [-0.39, 0.29) is 11.9 Å². The number of nitrogens with one attached hydrogen (secondary N) is 1. The van der Waals surface area contributed by atoms with Gasteiger partial charge >= 0.3 is 0 Å². The summed E-state index contributed by atoms with van der Waals surface area (Å²) in [5.41, 5.74) is 3.13. The van der Waals surface area contributed by atoms with Gasteiger partial charge in [0, 0.05) is 37.2 Å². The minimum atomic E-state index is 0.117. The van der Waals surface area contributed by atoms with Crippen molar-refractivity contribution < 1.29 is 4.79 Å². The first-order valence-corrected chi connectivity index (χ1v) is 7.24. The van der Waals surface area contributed by atoms with Crippen LogP contribution in [0.15, 0.2) is 48.8 Å². The Morgan fingerprint density at radius 1 is 1.33 bits per heavy atom. The molecule has 4 heteroatoms. The molecule has 1 amide bonds. The molecule has 1 N–H and O–H groups in total. The Morgan fingerprint density at radius 2 is 2.19 bits per heavy atom. The number of pyridine rings is 1. The number of hydrogen-bond acceptors (Lipinski definition) is 3. The molecule has 3 rings (SSSR count). The van der Waals surface area contributed by atoms with Crippen LogP contribution in [0.2, 0.25) is 0 Å². The van der Waals surface area contributed by atoms with Gasteiger partial charge in [-0.15, -0.1) is 0 Å². The summed E-state index contributed by atoms with van der Waals surface area (Å²) in [6.45, 7) is 3.60. The fourth-order valence-electron chi connectivity index (χ4n) is 2.65. The van der Waals surface area contributed by atoms with E-state index in [1.807, 2.05) is 35.2 Å². The van der Waals surface area contributed by atoms with Crippen LogP contribution in [0.5, 0.6) is 0 Å². The van der Waals surface area contributed by atoms with Crippen LogP contribution in [0.1, 0.15) is 18.1 Å². The highest BCUT2D eigenvalue weighted by molar-refractivity contribution is 5.95. The van der Waals surface area contributed by atoms with Gasteiger partial charge in [0.1, 0.15) is 0 Å². The number of amides is 1. The molecule has 0 saturated carbocycles. The van der Waals surface area contributed by atoms with Crippen LogP contribution in [0.4, 0.5) is 5.69 Å². The molecular weight excluding hydrogens is 262 g/mol. The maximum atomic E-state index is 12.7. The van der Waals surface area contributed by atoms with E-state index < -0.39 is 0 Å². The van der Waals surface area contributed by atoms with Gasteiger partial charge in [0.15, 0.2) is 0 Å². The van der Waals surface area contributed by atoms with Crippen molar-refractivity contribution in [2.75, 3.05) is 11.4 Å². The van der Waals surface area contributed by atoms with Gasteiger partial charge in [-0.2, -0.15) is 0 Å². The molecule has 0 bridgehead atoms. The molecule has 2 aromatic rings. The molecule has 1 atom stereocenters. The lowest BCUT2D eigenvalue weighted by atomic mass is 10.1. The highest BCUT2D eigenvalue weighted by atomic mass is 16.2. The second kappa shape index (κ2) is 6.06. The molecular formula is C17H19N3O. The highest BCUT2D eigenvalue weighted by Crippen LogP contribution is 2.24.